The molecule has 0 radical (unpaired) electrons. The van der Waals surface area contributed by atoms with Gasteiger partial charge in [0.25, 0.3) is 5.91 Å². The average molecular weight is 424 g/mol. The molecule has 0 spiro atoms. The fraction of sp³-hybridized carbons (Fsp3) is 0.480. The number of carbonyl (C=O) groups excluding carboxylic acids is 1. The van der Waals surface area contributed by atoms with E-state index in [1.54, 1.807) is 0 Å². The van der Waals surface area contributed by atoms with Crippen molar-refractivity contribution in [3.05, 3.63) is 70.8 Å². The van der Waals surface area contributed by atoms with E-state index in [0.29, 0.717) is 38.4 Å². The van der Waals surface area contributed by atoms with Gasteiger partial charge in [0.05, 0.1) is 13.2 Å². The first kappa shape index (κ1) is 22.0. The van der Waals surface area contributed by atoms with Gasteiger partial charge in [-0.3, -0.25) is 14.6 Å². The highest BCUT2D eigenvalue weighted by molar-refractivity contribution is 5.94. The number of rotatable bonds is 5. The van der Waals surface area contributed by atoms with E-state index < -0.39 is 6.35 Å². The van der Waals surface area contributed by atoms with Crippen LogP contribution in [0, 0.1) is 13.8 Å². The summed E-state index contributed by atoms with van der Waals surface area (Å²) in [5.74, 6) is 0.179. The molecule has 2 aliphatic rings. The van der Waals surface area contributed by atoms with Crippen molar-refractivity contribution in [2.75, 3.05) is 39.4 Å². The topological polar surface area (TPSA) is 65.0 Å². The molecule has 2 N–H and O–H groups in total. The van der Waals surface area contributed by atoms with Crippen molar-refractivity contribution in [2.45, 2.75) is 38.6 Å². The van der Waals surface area contributed by atoms with E-state index >= 15 is 0 Å². The van der Waals surface area contributed by atoms with E-state index in [2.05, 4.69) is 47.2 Å². The molecule has 3 atom stereocenters. The second-order valence-electron chi connectivity index (χ2n) is 8.71. The quantitative estimate of drug-likeness (QED) is 0.774. The molecule has 6 nitrogen and oxygen atoms in total. The Morgan fingerprint density at radius 2 is 1.77 bits per heavy atom. The Balaban J connectivity index is 1.55. The van der Waals surface area contributed by atoms with Crippen LogP contribution in [0.1, 0.15) is 39.4 Å². The summed E-state index contributed by atoms with van der Waals surface area (Å²) in [5, 5.41) is 14.4. The minimum atomic E-state index is -0.673. The van der Waals surface area contributed by atoms with E-state index in [0.717, 1.165) is 13.0 Å². The zero-order valence-corrected chi connectivity index (χ0v) is 18.5. The van der Waals surface area contributed by atoms with Crippen LogP contribution in [0.25, 0.3) is 0 Å². The number of hydrogen-bond donors (Lipinski definition) is 2. The van der Waals surface area contributed by atoms with Gasteiger partial charge in [0, 0.05) is 37.8 Å². The minimum Gasteiger partial charge on any atom is -0.379 e. The molecule has 166 valence electrons. The number of aliphatic hydroxyl groups is 1. The summed E-state index contributed by atoms with van der Waals surface area (Å²) in [6.07, 6.45) is 0.183. The Kier molecular flexibility index (Phi) is 7.02. The van der Waals surface area contributed by atoms with Gasteiger partial charge < -0.3 is 15.2 Å². The van der Waals surface area contributed by atoms with Crippen LogP contribution in [0.15, 0.2) is 48.5 Å². The standard InChI is InChI=1S/C25H33N3O3/c1-18-7-6-10-23(19(18)2)21-15-22(26-24(29)20-8-4-3-5-9-20)17-28(16-21)25(30)27-11-13-31-14-12-27/h3-10,21-22,25,30H,11-17H2,1-2H3,(H,26,29). The van der Waals surface area contributed by atoms with E-state index in [1.807, 2.05) is 30.3 Å². The maximum Gasteiger partial charge on any atom is 0.251 e. The first-order valence-corrected chi connectivity index (χ1v) is 11.2. The van der Waals surface area contributed by atoms with Crippen LogP contribution in [-0.4, -0.2) is 72.6 Å². The number of benzene rings is 2. The van der Waals surface area contributed by atoms with Crippen molar-refractivity contribution in [2.24, 2.45) is 0 Å². The number of likely N-dealkylation sites (tertiary alicyclic amines) is 1. The minimum absolute atomic E-state index is 0.0398. The van der Waals surface area contributed by atoms with Crippen molar-refractivity contribution in [3.8, 4) is 0 Å². The molecule has 2 aromatic carbocycles. The number of amides is 1. The highest BCUT2D eigenvalue weighted by Crippen LogP contribution is 2.31. The lowest BCUT2D eigenvalue weighted by Crippen LogP contribution is -2.59. The number of carbonyl (C=O) groups is 1. The van der Waals surface area contributed by atoms with Gasteiger partial charge >= 0.3 is 0 Å². The molecular weight excluding hydrogens is 390 g/mol. The van der Waals surface area contributed by atoms with Crippen molar-refractivity contribution < 1.29 is 14.6 Å². The van der Waals surface area contributed by atoms with Gasteiger partial charge in [0.15, 0.2) is 6.35 Å². The predicted octanol–water partition coefficient (Wildman–Crippen LogP) is 2.50. The van der Waals surface area contributed by atoms with Crippen LogP contribution >= 0.6 is 0 Å². The molecule has 4 rings (SSSR count). The van der Waals surface area contributed by atoms with Crippen molar-refractivity contribution >= 4 is 5.91 Å². The number of piperidine rings is 1. The molecule has 2 fully saturated rings. The van der Waals surface area contributed by atoms with Gasteiger partial charge in [-0.1, -0.05) is 36.4 Å². The summed E-state index contributed by atoms with van der Waals surface area (Å²) in [6, 6.07) is 15.7. The summed E-state index contributed by atoms with van der Waals surface area (Å²) in [4.78, 5) is 17.0. The van der Waals surface area contributed by atoms with Gasteiger partial charge in [-0.25, -0.2) is 0 Å². The molecule has 2 saturated heterocycles. The molecule has 0 bridgehead atoms. The number of aryl methyl sites for hydroxylation is 1. The number of aliphatic hydroxyl groups excluding tert-OH is 1. The number of nitrogens with zero attached hydrogens (tertiary/aromatic N) is 2. The van der Waals surface area contributed by atoms with E-state index in [-0.39, 0.29) is 17.9 Å². The lowest BCUT2D eigenvalue weighted by Gasteiger charge is -2.44. The van der Waals surface area contributed by atoms with E-state index in [4.69, 9.17) is 4.74 Å². The Morgan fingerprint density at radius 3 is 2.52 bits per heavy atom. The van der Waals surface area contributed by atoms with Crippen LogP contribution in [0.2, 0.25) is 0 Å². The highest BCUT2D eigenvalue weighted by Gasteiger charge is 2.35. The largest absolute Gasteiger partial charge is 0.379 e. The summed E-state index contributed by atoms with van der Waals surface area (Å²) >= 11 is 0. The lowest BCUT2D eigenvalue weighted by molar-refractivity contribution is -0.148. The second kappa shape index (κ2) is 9.92. The Bertz CT molecular complexity index is 883. The third-order valence-corrected chi connectivity index (χ3v) is 6.64. The van der Waals surface area contributed by atoms with Crippen molar-refractivity contribution in [3.63, 3.8) is 0 Å². The molecular formula is C25H33N3O3. The monoisotopic (exact) mass is 423 g/mol. The number of ether oxygens (including phenoxy) is 1. The molecule has 1 amide bonds. The van der Waals surface area contributed by atoms with Gasteiger partial charge in [-0.15, -0.1) is 0 Å². The van der Waals surface area contributed by atoms with Crippen LogP contribution < -0.4 is 5.32 Å². The average Bonchev–Trinajstić information content (AvgIpc) is 2.81. The summed E-state index contributed by atoms with van der Waals surface area (Å²) in [6.45, 7) is 8.40. The maximum absolute atomic E-state index is 12.8. The number of morpholine rings is 1. The summed E-state index contributed by atoms with van der Waals surface area (Å²) < 4.78 is 5.45. The molecule has 2 heterocycles. The fourth-order valence-corrected chi connectivity index (χ4v) is 4.77. The summed E-state index contributed by atoms with van der Waals surface area (Å²) in [5.41, 5.74) is 4.53. The molecule has 0 aromatic heterocycles. The van der Waals surface area contributed by atoms with Crippen LogP contribution in [0.4, 0.5) is 0 Å². The Labute approximate surface area is 184 Å². The molecule has 0 saturated carbocycles. The third kappa shape index (κ3) is 5.15. The molecule has 2 aromatic rings. The fourth-order valence-electron chi connectivity index (χ4n) is 4.77. The number of nitrogens with one attached hydrogen (secondary N) is 1. The predicted molar refractivity (Wildman–Crippen MR) is 121 cm³/mol. The Morgan fingerprint density at radius 1 is 1.03 bits per heavy atom. The summed E-state index contributed by atoms with van der Waals surface area (Å²) in [7, 11) is 0. The highest BCUT2D eigenvalue weighted by atomic mass is 16.5. The molecule has 3 unspecified atom stereocenters. The van der Waals surface area contributed by atoms with Crippen molar-refractivity contribution in [1.82, 2.24) is 15.1 Å². The molecule has 6 heteroatoms. The second-order valence-corrected chi connectivity index (χ2v) is 8.71. The van der Waals surface area contributed by atoms with Gasteiger partial charge in [-0.05, 0) is 55.0 Å². The maximum atomic E-state index is 12.8. The Hall–Kier alpha value is -2.25. The van der Waals surface area contributed by atoms with E-state index in [9.17, 15) is 9.90 Å². The third-order valence-electron chi connectivity index (χ3n) is 6.64. The van der Waals surface area contributed by atoms with Crippen molar-refractivity contribution in [1.29, 1.82) is 0 Å². The zero-order chi connectivity index (χ0) is 21.8. The zero-order valence-electron chi connectivity index (χ0n) is 18.5. The lowest BCUT2D eigenvalue weighted by atomic mass is 9.84. The molecule has 0 aliphatic carbocycles. The number of hydrogen-bond acceptors (Lipinski definition) is 5. The normalized spacial score (nSPS) is 24.0. The van der Waals surface area contributed by atoms with Crippen LogP contribution in [0.3, 0.4) is 0 Å². The van der Waals surface area contributed by atoms with Gasteiger partial charge in [0.2, 0.25) is 0 Å². The first-order chi connectivity index (χ1) is 15.0. The van der Waals surface area contributed by atoms with Crippen LogP contribution in [-0.2, 0) is 4.74 Å². The van der Waals surface area contributed by atoms with Gasteiger partial charge in [-0.2, -0.15) is 0 Å². The smallest absolute Gasteiger partial charge is 0.251 e. The first-order valence-electron chi connectivity index (χ1n) is 11.2. The van der Waals surface area contributed by atoms with E-state index in [1.165, 1.54) is 16.7 Å². The van der Waals surface area contributed by atoms with Gasteiger partial charge in [0.1, 0.15) is 0 Å². The van der Waals surface area contributed by atoms with Crippen LogP contribution in [0.5, 0.6) is 0 Å². The molecule has 31 heavy (non-hydrogen) atoms. The molecule has 2 aliphatic heterocycles. The SMILES string of the molecule is Cc1cccc(C2CC(NC(=O)c3ccccc3)CN(C(O)N3CCOCC3)C2)c1C.